The van der Waals surface area contributed by atoms with Crippen LogP contribution < -0.4 is 5.56 Å². The highest BCUT2D eigenvalue weighted by Crippen LogP contribution is 2.23. The number of thioether (sulfide) groups is 1. The molecule has 2 heterocycles. The average molecular weight is 402 g/mol. The van der Waals surface area contributed by atoms with Crippen LogP contribution in [0.15, 0.2) is 16.0 Å². The van der Waals surface area contributed by atoms with E-state index in [-0.39, 0.29) is 40.8 Å². The van der Waals surface area contributed by atoms with E-state index in [0.717, 1.165) is 12.8 Å². The minimum Gasteiger partial charge on any atom is -0.335 e. The van der Waals surface area contributed by atoms with Crippen molar-refractivity contribution in [1.82, 2.24) is 14.9 Å². The van der Waals surface area contributed by atoms with E-state index >= 15 is 0 Å². The average Bonchev–Trinajstić information content (AvgIpc) is 2.92. The highest BCUT2D eigenvalue weighted by atomic mass is 32.2. The van der Waals surface area contributed by atoms with Crippen LogP contribution in [-0.4, -0.2) is 58.5 Å². The number of hydrogen-bond donors (Lipinski definition) is 1. The second-order valence-electron chi connectivity index (χ2n) is 6.70. The maximum Gasteiger partial charge on any atom is 0.251 e. The molecule has 1 aliphatic rings. The highest BCUT2D eigenvalue weighted by molar-refractivity contribution is 7.99. The second kappa shape index (κ2) is 9.03. The first-order valence-electron chi connectivity index (χ1n) is 9.00. The van der Waals surface area contributed by atoms with Crippen molar-refractivity contribution in [3.63, 3.8) is 0 Å². The van der Waals surface area contributed by atoms with Crippen LogP contribution in [0.2, 0.25) is 0 Å². The van der Waals surface area contributed by atoms with Gasteiger partial charge in [-0.15, -0.1) is 0 Å². The normalized spacial score (nSPS) is 20.0. The summed E-state index contributed by atoms with van der Waals surface area (Å²) in [6.07, 6.45) is 2.85. The fourth-order valence-electron chi connectivity index (χ4n) is 3.14. The molecule has 146 valence electrons. The Kier molecular flexibility index (Phi) is 7.28. The zero-order valence-corrected chi connectivity index (χ0v) is 17.2. The fourth-order valence-corrected chi connectivity index (χ4v) is 5.62. The van der Waals surface area contributed by atoms with E-state index in [2.05, 4.69) is 9.97 Å². The predicted molar refractivity (Wildman–Crippen MR) is 103 cm³/mol. The summed E-state index contributed by atoms with van der Waals surface area (Å²) in [6.45, 7) is 5.93. The second-order valence-corrected chi connectivity index (χ2v) is 9.89. The SMILES string of the molecule is CCCc1cc(=O)[nH]c(SCC(=O)N([C@H]2CCS(=O)(=O)C2)[C@H](C)CC)n1. The minimum absolute atomic E-state index is 0.0279. The van der Waals surface area contributed by atoms with Crippen LogP contribution in [0.25, 0.3) is 0 Å². The Morgan fingerprint density at radius 2 is 2.19 bits per heavy atom. The number of carbonyl (C=O) groups excluding carboxylic acids is 1. The van der Waals surface area contributed by atoms with E-state index in [0.29, 0.717) is 23.7 Å². The predicted octanol–water partition coefficient (Wildman–Crippen LogP) is 1.63. The lowest BCUT2D eigenvalue weighted by Gasteiger charge is -2.33. The number of aromatic nitrogens is 2. The van der Waals surface area contributed by atoms with E-state index in [1.165, 1.54) is 17.8 Å². The molecule has 1 saturated heterocycles. The maximum atomic E-state index is 12.8. The van der Waals surface area contributed by atoms with Gasteiger partial charge in [0, 0.05) is 23.8 Å². The molecular formula is C17H27N3O4S2. The lowest BCUT2D eigenvalue weighted by molar-refractivity contribution is -0.132. The number of nitrogens with zero attached hydrogens (tertiary/aromatic N) is 2. The first kappa shape index (κ1) is 21.0. The standard InChI is InChI=1S/C17H27N3O4S2/c1-4-6-13-9-15(21)19-17(18-13)25-10-16(22)20(12(3)5-2)14-7-8-26(23,24)11-14/h9,12,14H,4-8,10-11H2,1-3H3,(H,18,19,21)/t12-,14+/m1/s1. The van der Waals surface area contributed by atoms with Gasteiger partial charge in [-0.25, -0.2) is 13.4 Å². The van der Waals surface area contributed by atoms with Gasteiger partial charge >= 0.3 is 0 Å². The van der Waals surface area contributed by atoms with Gasteiger partial charge in [0.1, 0.15) is 0 Å². The van der Waals surface area contributed by atoms with Crippen molar-refractivity contribution in [3.05, 3.63) is 22.1 Å². The Balaban J connectivity index is 2.09. The minimum atomic E-state index is -3.06. The summed E-state index contributed by atoms with van der Waals surface area (Å²) in [4.78, 5) is 33.3. The molecule has 7 nitrogen and oxygen atoms in total. The molecule has 26 heavy (non-hydrogen) atoms. The number of hydrogen-bond acceptors (Lipinski definition) is 6. The molecule has 0 saturated carbocycles. The van der Waals surface area contributed by atoms with Crippen LogP contribution in [0.4, 0.5) is 0 Å². The number of rotatable bonds is 8. The van der Waals surface area contributed by atoms with Crippen LogP contribution >= 0.6 is 11.8 Å². The number of H-pyrrole nitrogens is 1. The van der Waals surface area contributed by atoms with Crippen LogP contribution in [0, 0.1) is 0 Å². The van der Waals surface area contributed by atoms with Gasteiger partial charge in [0.2, 0.25) is 5.91 Å². The summed E-state index contributed by atoms with van der Waals surface area (Å²) >= 11 is 1.19. The van der Waals surface area contributed by atoms with Gasteiger partial charge in [-0.1, -0.05) is 32.0 Å². The van der Waals surface area contributed by atoms with E-state index in [4.69, 9.17) is 0 Å². The van der Waals surface area contributed by atoms with Crippen molar-refractivity contribution in [2.24, 2.45) is 0 Å². The third-order valence-corrected chi connectivity index (χ3v) is 7.18. The lowest BCUT2D eigenvalue weighted by Crippen LogP contribution is -2.47. The molecule has 0 spiro atoms. The molecule has 0 radical (unpaired) electrons. The monoisotopic (exact) mass is 401 g/mol. The number of amides is 1. The Hall–Kier alpha value is -1.35. The Morgan fingerprint density at radius 1 is 1.46 bits per heavy atom. The van der Waals surface area contributed by atoms with E-state index in [9.17, 15) is 18.0 Å². The molecule has 9 heteroatoms. The van der Waals surface area contributed by atoms with Crippen molar-refractivity contribution < 1.29 is 13.2 Å². The molecule has 0 aromatic carbocycles. The molecule has 1 N–H and O–H groups in total. The first-order valence-corrected chi connectivity index (χ1v) is 11.8. The summed E-state index contributed by atoms with van der Waals surface area (Å²) in [5, 5.41) is 0.428. The van der Waals surface area contributed by atoms with Gasteiger partial charge in [0.15, 0.2) is 15.0 Å². The molecular weight excluding hydrogens is 374 g/mol. The fraction of sp³-hybridized carbons (Fsp3) is 0.706. The van der Waals surface area contributed by atoms with Gasteiger partial charge in [0.25, 0.3) is 5.56 Å². The molecule has 0 bridgehead atoms. The lowest BCUT2D eigenvalue weighted by atomic mass is 10.1. The smallest absolute Gasteiger partial charge is 0.251 e. The van der Waals surface area contributed by atoms with E-state index < -0.39 is 9.84 Å². The third-order valence-electron chi connectivity index (χ3n) is 4.57. The number of aromatic amines is 1. The Bertz CT molecular complexity index is 791. The van der Waals surface area contributed by atoms with Gasteiger partial charge < -0.3 is 9.88 Å². The highest BCUT2D eigenvalue weighted by Gasteiger charge is 2.36. The number of nitrogens with one attached hydrogen (secondary N) is 1. The molecule has 0 aliphatic carbocycles. The molecule has 1 fully saturated rings. The topological polar surface area (TPSA) is 100 Å². The largest absolute Gasteiger partial charge is 0.335 e. The molecule has 1 amide bonds. The summed E-state index contributed by atoms with van der Waals surface area (Å²) in [5.74, 6) is 0.183. The summed E-state index contributed by atoms with van der Waals surface area (Å²) in [5.41, 5.74) is 0.492. The van der Waals surface area contributed by atoms with Crippen LogP contribution in [-0.2, 0) is 21.1 Å². The molecule has 2 rings (SSSR count). The molecule has 2 atom stereocenters. The van der Waals surface area contributed by atoms with Gasteiger partial charge in [-0.2, -0.15) is 0 Å². The molecule has 1 aromatic heterocycles. The zero-order valence-electron chi connectivity index (χ0n) is 15.5. The third kappa shape index (κ3) is 5.57. The molecule has 1 aromatic rings. The van der Waals surface area contributed by atoms with Crippen LogP contribution in [0.5, 0.6) is 0 Å². The number of aryl methyl sites for hydroxylation is 1. The van der Waals surface area contributed by atoms with Crippen molar-refractivity contribution >= 4 is 27.5 Å². The van der Waals surface area contributed by atoms with Gasteiger partial charge in [-0.05, 0) is 26.2 Å². The van der Waals surface area contributed by atoms with Gasteiger partial charge in [0.05, 0.1) is 17.3 Å². The van der Waals surface area contributed by atoms with Gasteiger partial charge in [-0.3, -0.25) is 9.59 Å². The van der Waals surface area contributed by atoms with E-state index in [1.54, 1.807) is 4.90 Å². The van der Waals surface area contributed by atoms with Crippen LogP contribution in [0.1, 0.15) is 45.7 Å². The van der Waals surface area contributed by atoms with Crippen molar-refractivity contribution in [1.29, 1.82) is 0 Å². The Labute approximate surface area is 158 Å². The maximum absolute atomic E-state index is 12.8. The quantitative estimate of drug-likeness (QED) is 0.525. The molecule has 1 aliphatic heterocycles. The first-order chi connectivity index (χ1) is 12.3. The summed E-state index contributed by atoms with van der Waals surface area (Å²) in [7, 11) is -3.06. The number of carbonyl (C=O) groups is 1. The summed E-state index contributed by atoms with van der Waals surface area (Å²) < 4.78 is 23.6. The Morgan fingerprint density at radius 3 is 2.77 bits per heavy atom. The van der Waals surface area contributed by atoms with Crippen LogP contribution in [0.3, 0.4) is 0 Å². The van der Waals surface area contributed by atoms with Crippen molar-refractivity contribution in [2.45, 2.75) is 63.7 Å². The molecule has 0 unspecified atom stereocenters. The van der Waals surface area contributed by atoms with E-state index in [1.807, 2.05) is 20.8 Å². The van der Waals surface area contributed by atoms with Crippen molar-refractivity contribution in [3.8, 4) is 0 Å². The summed E-state index contributed by atoms with van der Waals surface area (Å²) in [6, 6.07) is 1.19. The zero-order chi connectivity index (χ0) is 19.3. The van der Waals surface area contributed by atoms with Crippen molar-refractivity contribution in [2.75, 3.05) is 17.3 Å². The number of sulfone groups is 1.